The van der Waals surface area contributed by atoms with Crippen molar-refractivity contribution in [3.05, 3.63) is 0 Å². The highest BCUT2D eigenvalue weighted by molar-refractivity contribution is 7.81. The molecule has 0 aromatic heterocycles. The molecule has 0 unspecified atom stereocenters. The van der Waals surface area contributed by atoms with E-state index in [0.29, 0.717) is 19.4 Å². The van der Waals surface area contributed by atoms with Crippen molar-refractivity contribution >= 4 is 101 Å². The molecule has 13 amide bonds. The Labute approximate surface area is 492 Å². The van der Waals surface area contributed by atoms with Crippen LogP contribution in [0.2, 0.25) is 0 Å². The van der Waals surface area contributed by atoms with Crippen LogP contribution in [0.15, 0.2) is 4.99 Å². The highest BCUT2D eigenvalue weighted by Crippen LogP contribution is 2.12. The Hall–Kier alpha value is -7.88. The Balaban J connectivity index is 6.17. The van der Waals surface area contributed by atoms with Gasteiger partial charge in [0.25, 0.3) is 0 Å². The SMILES string of the molecule is CC(C)C[C@H](NC(=O)[C@H](C)NC(=O)[C@H](CCCN=C(N)N)NC(=O)CNC(=O)CNC(=O)CNC(=O)CNC(=O)CS)C(=O)N[C@H](C(=O)N[C@@H](CC(=O)O)C(=O)N[C@H](C(=O)N[C@@H](CC(C)C)C(=O)N[C@@H](CCCCN)C(N)=O)[C@@H](C)O)C(C)C. The van der Waals surface area contributed by atoms with E-state index in [9.17, 15) is 77.3 Å². The Morgan fingerprint density at radius 1 is 0.464 bits per heavy atom. The van der Waals surface area contributed by atoms with Crippen molar-refractivity contribution in [3.8, 4) is 0 Å². The lowest BCUT2D eigenvalue weighted by Crippen LogP contribution is -2.62. The van der Waals surface area contributed by atoms with Gasteiger partial charge in [-0.3, -0.25) is 72.1 Å². The van der Waals surface area contributed by atoms with Gasteiger partial charge < -0.3 is 96.9 Å². The lowest BCUT2D eigenvalue weighted by atomic mass is 9.99. The van der Waals surface area contributed by atoms with Crippen LogP contribution < -0.4 is 86.7 Å². The molecule has 0 aliphatic rings. The molecule has 0 aliphatic carbocycles. The number of aliphatic hydroxyl groups is 1. The number of primary amides is 1. The van der Waals surface area contributed by atoms with Gasteiger partial charge in [-0.05, 0) is 83.1 Å². The first kappa shape index (κ1) is 76.1. The number of unbranched alkanes of at least 4 members (excludes halogenated alkanes) is 1. The monoisotopic (exact) mass is 1220 g/mol. The third-order valence-electron chi connectivity index (χ3n) is 11.9. The van der Waals surface area contributed by atoms with Crippen LogP contribution in [0.1, 0.15) is 107 Å². The molecule has 0 bridgehead atoms. The van der Waals surface area contributed by atoms with Crippen molar-refractivity contribution < 1.29 is 77.3 Å². The summed E-state index contributed by atoms with van der Waals surface area (Å²) in [6.45, 7) is 10.5. The standard InChI is InChI=1S/C50H89N17O16S/c1-24(2)16-31(45(79)62-29(42(52)76)12-9-10-14-51)64-49(83)41(28(8)68)67-47(81)33(18-39(74)75)65-48(82)40(26(5)6)66-46(80)32(17-25(3)4)63-43(77)27(7)60-44(78)30(13-11-15-55-50(53)54)61-37(72)22-58-35(70)20-56-34(69)19-57-36(71)21-59-38(73)23-84/h24-33,40-41,68,84H,9-23,51H2,1-8H3,(H2,52,76)(H,56,69)(H,57,71)(H,58,70)(H,59,73)(H,60,78)(H,61,72)(H,62,79)(H,63,77)(H,64,83)(H,65,82)(H,66,80)(H,67,81)(H,74,75)(H4,53,54,55)/t27-,28+,29-,30-,31-,32-,33-,40-,41-/m0/s1. The molecule has 9 atom stereocenters. The van der Waals surface area contributed by atoms with Gasteiger partial charge in [0.15, 0.2) is 5.96 Å². The fourth-order valence-electron chi connectivity index (χ4n) is 7.46. The molecule has 0 aromatic carbocycles. The summed E-state index contributed by atoms with van der Waals surface area (Å²) in [4.78, 5) is 185. The molecule has 0 aliphatic heterocycles. The second-order valence-electron chi connectivity index (χ2n) is 20.8. The zero-order chi connectivity index (χ0) is 64.4. The maximum absolute atomic E-state index is 14.0. The number of hydrogen-bond acceptors (Lipinski definition) is 18. The Morgan fingerprint density at radius 3 is 1.33 bits per heavy atom. The third kappa shape index (κ3) is 32.7. The highest BCUT2D eigenvalue weighted by Gasteiger charge is 2.37. The molecule has 22 N–H and O–H groups in total. The van der Waals surface area contributed by atoms with Gasteiger partial charge in [-0.25, -0.2) is 0 Å². The average molecular weight is 1220 g/mol. The number of amides is 13. The van der Waals surface area contributed by atoms with Crippen molar-refractivity contribution in [1.29, 1.82) is 0 Å². The summed E-state index contributed by atoms with van der Waals surface area (Å²) in [6.07, 6.45) is -1.49. The molecular weight excluding hydrogens is 1130 g/mol. The summed E-state index contributed by atoms with van der Waals surface area (Å²) in [7, 11) is 0. The quantitative estimate of drug-likeness (QED) is 0.0117. The van der Waals surface area contributed by atoms with Crippen molar-refractivity contribution in [2.24, 2.45) is 45.7 Å². The van der Waals surface area contributed by atoms with Gasteiger partial charge in [0.1, 0.15) is 48.3 Å². The largest absolute Gasteiger partial charge is 0.481 e. The number of thiol groups is 1. The minimum absolute atomic E-state index is 0.0228. The normalized spacial score (nSPS) is 14.2. The number of nitrogens with zero attached hydrogens (tertiary/aromatic N) is 1. The minimum atomic E-state index is -1.92. The van der Waals surface area contributed by atoms with E-state index in [1.807, 2.05) is 0 Å². The van der Waals surface area contributed by atoms with Crippen LogP contribution in [0.3, 0.4) is 0 Å². The number of guanidine groups is 1. The molecule has 0 heterocycles. The first-order chi connectivity index (χ1) is 39.2. The van der Waals surface area contributed by atoms with Gasteiger partial charge in [0.2, 0.25) is 76.8 Å². The van der Waals surface area contributed by atoms with E-state index in [1.165, 1.54) is 20.8 Å². The molecule has 0 aromatic rings. The molecule has 34 heteroatoms. The Morgan fingerprint density at radius 2 is 0.881 bits per heavy atom. The van der Waals surface area contributed by atoms with Crippen LogP contribution in [0.5, 0.6) is 0 Å². The molecule has 0 saturated heterocycles. The number of rotatable bonds is 41. The molecule has 476 valence electrons. The molecule has 0 saturated carbocycles. The van der Waals surface area contributed by atoms with Crippen LogP contribution in [0.4, 0.5) is 0 Å². The van der Waals surface area contributed by atoms with Gasteiger partial charge in [-0.1, -0.05) is 41.5 Å². The first-order valence-corrected chi connectivity index (χ1v) is 27.9. The predicted molar refractivity (Wildman–Crippen MR) is 307 cm³/mol. The minimum Gasteiger partial charge on any atom is -0.481 e. The summed E-state index contributed by atoms with van der Waals surface area (Å²) in [6, 6.07) is -11.7. The van der Waals surface area contributed by atoms with E-state index in [-0.39, 0.29) is 62.2 Å². The van der Waals surface area contributed by atoms with Crippen LogP contribution in [0, 0.1) is 17.8 Å². The molecule has 33 nitrogen and oxygen atoms in total. The van der Waals surface area contributed by atoms with Crippen molar-refractivity contribution in [1.82, 2.24) is 63.8 Å². The Bertz CT molecular complexity index is 2300. The van der Waals surface area contributed by atoms with E-state index < -0.39 is 176 Å². The Kier molecular flexibility index (Phi) is 36.6. The van der Waals surface area contributed by atoms with E-state index in [2.05, 4.69) is 81.4 Å². The maximum Gasteiger partial charge on any atom is 0.305 e. The van der Waals surface area contributed by atoms with Gasteiger partial charge >= 0.3 is 5.97 Å². The van der Waals surface area contributed by atoms with Gasteiger partial charge in [-0.15, -0.1) is 0 Å². The molecule has 84 heavy (non-hydrogen) atoms. The van der Waals surface area contributed by atoms with Crippen LogP contribution >= 0.6 is 12.6 Å². The maximum atomic E-state index is 14.0. The number of carboxylic acid groups (broad SMARTS) is 1. The van der Waals surface area contributed by atoms with Crippen molar-refractivity contribution in [3.63, 3.8) is 0 Å². The van der Waals surface area contributed by atoms with E-state index >= 15 is 0 Å². The van der Waals surface area contributed by atoms with Gasteiger partial charge in [-0.2, -0.15) is 12.6 Å². The lowest BCUT2D eigenvalue weighted by Gasteiger charge is -2.29. The number of carbonyl (C=O) groups is 14. The summed E-state index contributed by atoms with van der Waals surface area (Å²) < 4.78 is 0. The molecule has 0 fully saturated rings. The highest BCUT2D eigenvalue weighted by atomic mass is 32.1. The smallest absolute Gasteiger partial charge is 0.305 e. The zero-order valence-corrected chi connectivity index (χ0v) is 49.7. The lowest BCUT2D eigenvalue weighted by molar-refractivity contribution is -0.142. The number of aliphatic hydroxyl groups excluding tert-OH is 1. The second-order valence-corrected chi connectivity index (χ2v) is 21.1. The zero-order valence-electron chi connectivity index (χ0n) is 48.8. The topological polar surface area (TPSA) is 540 Å². The van der Waals surface area contributed by atoms with Crippen LogP contribution in [0.25, 0.3) is 0 Å². The number of aliphatic imine (C=N–C) groups is 1. The summed E-state index contributed by atoms with van der Waals surface area (Å²) >= 11 is 3.76. The number of nitrogens with two attached hydrogens (primary N) is 4. The summed E-state index contributed by atoms with van der Waals surface area (Å²) in [5, 5.41) is 48.9. The summed E-state index contributed by atoms with van der Waals surface area (Å²) in [5.74, 6) is -14.6. The second kappa shape index (κ2) is 40.4. The van der Waals surface area contributed by atoms with Gasteiger partial charge in [0, 0.05) is 6.54 Å². The number of nitrogens with one attached hydrogen (secondary N) is 12. The fourth-order valence-corrected chi connectivity index (χ4v) is 7.58. The summed E-state index contributed by atoms with van der Waals surface area (Å²) in [5.41, 5.74) is 21.9. The van der Waals surface area contributed by atoms with E-state index in [0.717, 1.165) is 6.92 Å². The number of carboxylic acids is 1. The third-order valence-corrected chi connectivity index (χ3v) is 12.2. The van der Waals surface area contributed by atoms with Crippen LogP contribution in [-0.4, -0.2) is 198 Å². The van der Waals surface area contributed by atoms with Gasteiger partial charge in [0.05, 0.1) is 44.5 Å². The van der Waals surface area contributed by atoms with Crippen molar-refractivity contribution in [2.75, 3.05) is 45.0 Å². The average Bonchev–Trinajstić information content (AvgIpc) is 3.62. The predicted octanol–water partition coefficient (Wildman–Crippen LogP) is -7.45. The molecule has 0 spiro atoms. The van der Waals surface area contributed by atoms with E-state index in [4.69, 9.17) is 22.9 Å². The van der Waals surface area contributed by atoms with Crippen molar-refractivity contribution in [2.45, 2.75) is 161 Å². The molecular formula is C50H89N17O16S. The fraction of sp³-hybridized carbons (Fsp3) is 0.700. The number of carbonyl (C=O) groups excluding carboxylic acids is 13. The van der Waals surface area contributed by atoms with Crippen LogP contribution in [-0.2, 0) is 67.1 Å². The van der Waals surface area contributed by atoms with E-state index in [1.54, 1.807) is 27.7 Å². The number of aliphatic carboxylic acids is 1. The molecule has 0 rings (SSSR count). The molecule has 0 radical (unpaired) electrons. The number of hydrogen-bond donors (Lipinski definition) is 19. The first-order valence-electron chi connectivity index (χ1n) is 27.3.